The molecule has 0 aliphatic carbocycles. The van der Waals surface area contributed by atoms with Crippen molar-refractivity contribution in [1.29, 1.82) is 0 Å². The number of carbonyl (C=O) groups is 2. The average Bonchev–Trinajstić information content (AvgIpc) is 2.60. The summed E-state index contributed by atoms with van der Waals surface area (Å²) in [4.78, 5) is 22.1. The molecule has 6 nitrogen and oxygen atoms in total. The van der Waals surface area contributed by atoms with Crippen molar-refractivity contribution >= 4 is 11.9 Å². The summed E-state index contributed by atoms with van der Waals surface area (Å²) in [5, 5.41) is 15.0. The van der Waals surface area contributed by atoms with Crippen LogP contribution in [0.5, 0.6) is 0 Å². The minimum absolute atomic E-state index is 0.220. The van der Waals surface area contributed by atoms with Gasteiger partial charge in [0, 0.05) is 13.2 Å². The molecule has 1 heterocycles. The smallest absolute Gasteiger partial charge is 0.326 e. The Morgan fingerprint density at radius 3 is 2.73 bits per heavy atom. The summed E-state index contributed by atoms with van der Waals surface area (Å²) in [7, 11) is 1.69. The van der Waals surface area contributed by atoms with Gasteiger partial charge in [0.25, 0.3) is 5.91 Å². The topological polar surface area (TPSA) is 84.2 Å². The number of carboxylic acid groups (broad SMARTS) is 1. The lowest BCUT2D eigenvalue weighted by molar-refractivity contribution is -0.139. The van der Waals surface area contributed by atoms with Crippen LogP contribution in [-0.2, 0) is 11.8 Å². The second kappa shape index (κ2) is 4.59. The average molecular weight is 211 g/mol. The van der Waals surface area contributed by atoms with Crippen molar-refractivity contribution in [2.45, 2.75) is 19.4 Å². The normalized spacial score (nSPS) is 12.1. The molecule has 0 radical (unpaired) electrons. The molecular weight excluding hydrogens is 198 g/mol. The second-order valence-corrected chi connectivity index (χ2v) is 3.15. The fraction of sp³-hybridized carbons (Fsp3) is 0.444. The van der Waals surface area contributed by atoms with Gasteiger partial charge < -0.3 is 10.4 Å². The van der Waals surface area contributed by atoms with Crippen LogP contribution in [0.2, 0.25) is 0 Å². The van der Waals surface area contributed by atoms with Crippen LogP contribution in [0.4, 0.5) is 0 Å². The summed E-state index contributed by atoms with van der Waals surface area (Å²) in [6, 6.07) is 0.670. The van der Waals surface area contributed by atoms with Crippen LogP contribution >= 0.6 is 0 Å². The quantitative estimate of drug-likeness (QED) is 0.735. The Balaban J connectivity index is 2.66. The molecule has 0 saturated heterocycles. The highest BCUT2D eigenvalue weighted by Gasteiger charge is 2.19. The Morgan fingerprint density at radius 1 is 1.67 bits per heavy atom. The summed E-state index contributed by atoms with van der Waals surface area (Å²) >= 11 is 0. The van der Waals surface area contributed by atoms with Crippen LogP contribution in [0.1, 0.15) is 23.8 Å². The van der Waals surface area contributed by atoms with Crippen LogP contribution in [0, 0.1) is 0 Å². The van der Waals surface area contributed by atoms with Crippen molar-refractivity contribution in [3.05, 3.63) is 18.0 Å². The molecule has 82 valence electrons. The summed E-state index contributed by atoms with van der Waals surface area (Å²) < 4.78 is 1.48. The number of aromatic nitrogens is 2. The van der Waals surface area contributed by atoms with E-state index in [0.717, 1.165) is 0 Å². The van der Waals surface area contributed by atoms with E-state index >= 15 is 0 Å². The van der Waals surface area contributed by atoms with Crippen molar-refractivity contribution in [3.8, 4) is 0 Å². The zero-order valence-corrected chi connectivity index (χ0v) is 8.60. The van der Waals surface area contributed by atoms with E-state index in [0.29, 0.717) is 6.42 Å². The van der Waals surface area contributed by atoms with Gasteiger partial charge in [-0.3, -0.25) is 9.48 Å². The maximum absolute atomic E-state index is 11.5. The van der Waals surface area contributed by atoms with E-state index in [1.54, 1.807) is 20.2 Å². The Bertz CT molecular complexity index is 372. The molecule has 6 heteroatoms. The third-order valence-corrected chi connectivity index (χ3v) is 1.96. The minimum atomic E-state index is -1.04. The molecule has 0 spiro atoms. The predicted molar refractivity (Wildman–Crippen MR) is 52.4 cm³/mol. The molecule has 0 bridgehead atoms. The fourth-order valence-corrected chi connectivity index (χ4v) is 1.11. The number of amides is 1. The SMILES string of the molecule is CCC(NC(=O)c1ccn(C)n1)C(=O)O. The fourth-order valence-electron chi connectivity index (χ4n) is 1.11. The molecule has 1 aromatic heterocycles. The Hall–Kier alpha value is -1.85. The molecule has 1 atom stereocenters. The van der Waals surface area contributed by atoms with E-state index in [2.05, 4.69) is 10.4 Å². The molecule has 15 heavy (non-hydrogen) atoms. The molecule has 0 aliphatic heterocycles. The number of nitrogens with one attached hydrogen (secondary N) is 1. The van der Waals surface area contributed by atoms with E-state index in [-0.39, 0.29) is 5.69 Å². The monoisotopic (exact) mass is 211 g/mol. The zero-order valence-electron chi connectivity index (χ0n) is 8.60. The summed E-state index contributed by atoms with van der Waals surface area (Å²) in [6.07, 6.45) is 1.96. The third-order valence-electron chi connectivity index (χ3n) is 1.96. The van der Waals surface area contributed by atoms with Crippen LogP contribution < -0.4 is 5.32 Å². The van der Waals surface area contributed by atoms with Crippen molar-refractivity contribution < 1.29 is 14.7 Å². The third kappa shape index (κ3) is 2.80. The van der Waals surface area contributed by atoms with Crippen molar-refractivity contribution in [2.75, 3.05) is 0 Å². The van der Waals surface area contributed by atoms with Gasteiger partial charge in [-0.05, 0) is 12.5 Å². The first-order chi connectivity index (χ1) is 7.04. The number of carbonyl (C=O) groups excluding carboxylic acids is 1. The van der Waals surface area contributed by atoms with Crippen LogP contribution in [0.15, 0.2) is 12.3 Å². The van der Waals surface area contributed by atoms with Crippen molar-refractivity contribution in [1.82, 2.24) is 15.1 Å². The Morgan fingerprint density at radius 2 is 2.33 bits per heavy atom. The molecule has 1 aromatic rings. The molecule has 2 N–H and O–H groups in total. The molecule has 0 aromatic carbocycles. The van der Waals surface area contributed by atoms with Gasteiger partial charge in [-0.2, -0.15) is 5.10 Å². The summed E-state index contributed by atoms with van der Waals surface area (Å²) in [5.41, 5.74) is 0.220. The zero-order chi connectivity index (χ0) is 11.4. The van der Waals surface area contributed by atoms with Gasteiger partial charge in [-0.1, -0.05) is 6.92 Å². The first-order valence-corrected chi connectivity index (χ1v) is 4.58. The van der Waals surface area contributed by atoms with E-state index in [9.17, 15) is 9.59 Å². The molecule has 0 aliphatic rings. The highest BCUT2D eigenvalue weighted by molar-refractivity contribution is 5.94. The standard InChI is InChI=1S/C9H13N3O3/c1-3-6(9(14)15)10-8(13)7-4-5-12(2)11-7/h4-6H,3H2,1-2H3,(H,10,13)(H,14,15). The largest absolute Gasteiger partial charge is 0.480 e. The molecule has 1 rings (SSSR count). The van der Waals surface area contributed by atoms with Gasteiger partial charge in [0.15, 0.2) is 0 Å². The predicted octanol–water partition coefficient (Wildman–Crippen LogP) is 0.0131. The van der Waals surface area contributed by atoms with Gasteiger partial charge in [0.1, 0.15) is 11.7 Å². The maximum Gasteiger partial charge on any atom is 0.326 e. The van der Waals surface area contributed by atoms with Gasteiger partial charge in [-0.15, -0.1) is 0 Å². The summed E-state index contributed by atoms with van der Waals surface area (Å²) in [6.45, 7) is 1.69. The van der Waals surface area contributed by atoms with Crippen LogP contribution in [-0.4, -0.2) is 32.8 Å². The second-order valence-electron chi connectivity index (χ2n) is 3.15. The molecule has 0 saturated carbocycles. The number of aliphatic carboxylic acids is 1. The molecule has 1 amide bonds. The molecular formula is C9H13N3O3. The van der Waals surface area contributed by atoms with Crippen LogP contribution in [0.3, 0.4) is 0 Å². The van der Waals surface area contributed by atoms with Gasteiger partial charge >= 0.3 is 5.97 Å². The first-order valence-electron chi connectivity index (χ1n) is 4.58. The van der Waals surface area contributed by atoms with Gasteiger partial charge in [-0.25, -0.2) is 4.79 Å². The Labute approximate surface area is 86.9 Å². The number of rotatable bonds is 4. The highest BCUT2D eigenvalue weighted by atomic mass is 16.4. The molecule has 0 fully saturated rings. The van der Waals surface area contributed by atoms with Crippen molar-refractivity contribution in [3.63, 3.8) is 0 Å². The van der Waals surface area contributed by atoms with E-state index in [1.165, 1.54) is 10.7 Å². The number of aryl methyl sites for hydroxylation is 1. The van der Waals surface area contributed by atoms with Gasteiger partial charge in [0.2, 0.25) is 0 Å². The summed E-state index contributed by atoms with van der Waals surface area (Å²) in [5.74, 6) is -1.51. The minimum Gasteiger partial charge on any atom is -0.480 e. The van der Waals surface area contributed by atoms with Crippen molar-refractivity contribution in [2.24, 2.45) is 7.05 Å². The van der Waals surface area contributed by atoms with Gasteiger partial charge in [0.05, 0.1) is 0 Å². The highest BCUT2D eigenvalue weighted by Crippen LogP contribution is 1.97. The van der Waals surface area contributed by atoms with Crippen LogP contribution in [0.25, 0.3) is 0 Å². The van der Waals surface area contributed by atoms with E-state index in [1.807, 2.05) is 0 Å². The lowest BCUT2D eigenvalue weighted by Crippen LogP contribution is -2.40. The van der Waals surface area contributed by atoms with E-state index < -0.39 is 17.9 Å². The van der Waals surface area contributed by atoms with E-state index in [4.69, 9.17) is 5.11 Å². The number of nitrogens with zero attached hydrogens (tertiary/aromatic N) is 2. The molecule has 1 unspecified atom stereocenters. The first kappa shape index (κ1) is 11.2. The lowest BCUT2D eigenvalue weighted by atomic mass is 10.2. The Kier molecular flexibility index (Phi) is 3.43. The lowest BCUT2D eigenvalue weighted by Gasteiger charge is -2.10. The maximum atomic E-state index is 11.5. The number of carboxylic acids is 1. The number of hydrogen-bond donors (Lipinski definition) is 2. The number of hydrogen-bond acceptors (Lipinski definition) is 3.